The Kier molecular flexibility index (Phi) is 3.69. The monoisotopic (exact) mass is 307 g/mol. The molecule has 1 fully saturated rings. The summed E-state index contributed by atoms with van der Waals surface area (Å²) in [6.07, 6.45) is 2.50. The van der Waals surface area contributed by atoms with Crippen molar-refractivity contribution in [3.05, 3.63) is 47.0 Å². The Bertz CT molecular complexity index is 615. The van der Waals surface area contributed by atoms with E-state index in [1.165, 1.54) is 0 Å². The number of halogens is 1. The minimum absolute atomic E-state index is 0.266. The van der Waals surface area contributed by atoms with Crippen molar-refractivity contribution in [2.24, 2.45) is 11.8 Å². The van der Waals surface area contributed by atoms with Crippen LogP contribution in [0.15, 0.2) is 36.4 Å². The Morgan fingerprint density at radius 3 is 2.52 bits per heavy atom. The number of benzene rings is 1. The van der Waals surface area contributed by atoms with Crippen LogP contribution in [0.4, 0.5) is 0 Å². The van der Waals surface area contributed by atoms with Gasteiger partial charge in [0.2, 0.25) is 5.91 Å². The Morgan fingerprint density at radius 1 is 1.19 bits per heavy atom. The number of ether oxygens (including phenoxy) is 1. The van der Waals surface area contributed by atoms with Crippen LogP contribution in [0, 0.1) is 11.8 Å². The molecule has 4 atom stereocenters. The summed E-state index contributed by atoms with van der Waals surface area (Å²) in [7, 11) is 0. The van der Waals surface area contributed by atoms with Crippen LogP contribution in [0.2, 0.25) is 5.02 Å². The number of carbonyl (C=O) groups excluding carboxylic acids is 1. The largest absolute Gasteiger partial charge is 0.481 e. The van der Waals surface area contributed by atoms with Gasteiger partial charge in [0.05, 0.1) is 18.1 Å². The molecule has 0 spiro atoms. The van der Waals surface area contributed by atoms with E-state index in [9.17, 15) is 14.7 Å². The highest BCUT2D eigenvalue weighted by atomic mass is 35.5. The molecular formula is C15H14ClNO4. The Hall–Kier alpha value is -1.85. The van der Waals surface area contributed by atoms with E-state index in [-0.39, 0.29) is 12.5 Å². The summed E-state index contributed by atoms with van der Waals surface area (Å²) >= 11 is 6.03. The molecule has 21 heavy (non-hydrogen) atoms. The van der Waals surface area contributed by atoms with Crippen molar-refractivity contribution in [3.8, 4) is 0 Å². The molecule has 110 valence electrons. The standard InChI is InChI=1S/C15H14ClNO4/c16-9-4-2-1-3-8(9)7-17-14(18)12-10-5-6-11(21-10)13(12)15(19)20/h1-6,10-13H,7H2,(H,17,18)(H,19,20)/t10-,11-,12+,13-/m0/s1. The van der Waals surface area contributed by atoms with Crippen molar-refractivity contribution in [3.63, 3.8) is 0 Å². The lowest BCUT2D eigenvalue weighted by atomic mass is 9.82. The molecule has 2 bridgehead atoms. The van der Waals surface area contributed by atoms with Crippen molar-refractivity contribution >= 4 is 23.5 Å². The first-order chi connectivity index (χ1) is 10.1. The predicted molar refractivity (Wildman–Crippen MR) is 75.7 cm³/mol. The fraction of sp³-hybridized carbons (Fsp3) is 0.333. The van der Waals surface area contributed by atoms with E-state index in [0.717, 1.165) is 5.56 Å². The molecule has 2 aliphatic heterocycles. The highest BCUT2D eigenvalue weighted by Crippen LogP contribution is 2.39. The first-order valence-electron chi connectivity index (χ1n) is 6.65. The Morgan fingerprint density at radius 2 is 1.86 bits per heavy atom. The highest BCUT2D eigenvalue weighted by molar-refractivity contribution is 6.31. The number of nitrogens with one attached hydrogen (secondary N) is 1. The van der Waals surface area contributed by atoms with Gasteiger partial charge in [-0.1, -0.05) is 42.0 Å². The third kappa shape index (κ3) is 2.54. The van der Waals surface area contributed by atoms with Crippen LogP contribution in [-0.4, -0.2) is 29.2 Å². The highest BCUT2D eigenvalue weighted by Gasteiger charge is 2.53. The average Bonchev–Trinajstić information content (AvgIpc) is 3.06. The lowest BCUT2D eigenvalue weighted by molar-refractivity contribution is -0.146. The van der Waals surface area contributed by atoms with E-state index in [0.29, 0.717) is 5.02 Å². The van der Waals surface area contributed by atoms with Crippen LogP contribution in [-0.2, 0) is 20.9 Å². The van der Waals surface area contributed by atoms with Gasteiger partial charge in [-0.2, -0.15) is 0 Å². The molecule has 0 unspecified atom stereocenters. The van der Waals surface area contributed by atoms with Gasteiger partial charge in [0.15, 0.2) is 0 Å². The van der Waals surface area contributed by atoms with E-state index in [1.54, 1.807) is 18.2 Å². The maximum atomic E-state index is 12.3. The van der Waals surface area contributed by atoms with Crippen LogP contribution in [0.1, 0.15) is 5.56 Å². The van der Waals surface area contributed by atoms with Crippen molar-refractivity contribution in [1.82, 2.24) is 5.32 Å². The smallest absolute Gasteiger partial charge is 0.310 e. The number of carboxylic acid groups (broad SMARTS) is 1. The zero-order chi connectivity index (χ0) is 15.0. The zero-order valence-electron chi connectivity index (χ0n) is 11.0. The lowest BCUT2D eigenvalue weighted by Crippen LogP contribution is -2.42. The molecule has 2 heterocycles. The number of fused-ring (bicyclic) bond motifs is 2. The number of amides is 1. The van der Waals surface area contributed by atoms with Crippen LogP contribution in [0.5, 0.6) is 0 Å². The summed E-state index contributed by atoms with van der Waals surface area (Å²) in [4.78, 5) is 23.6. The first kappa shape index (κ1) is 14.1. The molecule has 6 heteroatoms. The van der Waals surface area contributed by atoms with Gasteiger partial charge in [-0.3, -0.25) is 9.59 Å². The summed E-state index contributed by atoms with van der Waals surface area (Å²) in [5.74, 6) is -2.85. The first-order valence-corrected chi connectivity index (χ1v) is 7.03. The van der Waals surface area contributed by atoms with Gasteiger partial charge in [-0.25, -0.2) is 0 Å². The van der Waals surface area contributed by atoms with Gasteiger partial charge in [0.25, 0.3) is 0 Å². The van der Waals surface area contributed by atoms with E-state index in [2.05, 4.69) is 5.32 Å². The summed E-state index contributed by atoms with van der Waals surface area (Å²) < 4.78 is 5.48. The predicted octanol–water partition coefficient (Wildman–Crippen LogP) is 1.61. The van der Waals surface area contributed by atoms with Crippen LogP contribution in [0.3, 0.4) is 0 Å². The number of aliphatic carboxylic acids is 1. The normalized spacial score (nSPS) is 29.6. The van der Waals surface area contributed by atoms with Crippen LogP contribution >= 0.6 is 11.6 Å². The summed E-state index contributed by atoms with van der Waals surface area (Å²) in [5, 5.41) is 12.6. The second kappa shape index (κ2) is 5.50. The maximum absolute atomic E-state index is 12.3. The van der Waals surface area contributed by atoms with Crippen molar-refractivity contribution in [1.29, 1.82) is 0 Å². The van der Waals surface area contributed by atoms with Crippen LogP contribution < -0.4 is 5.32 Å². The summed E-state index contributed by atoms with van der Waals surface area (Å²) in [6, 6.07) is 7.19. The van der Waals surface area contributed by atoms with Crippen molar-refractivity contribution < 1.29 is 19.4 Å². The van der Waals surface area contributed by atoms with Crippen molar-refractivity contribution in [2.75, 3.05) is 0 Å². The molecule has 0 saturated carbocycles. The fourth-order valence-corrected chi connectivity index (χ4v) is 3.06. The molecule has 2 N–H and O–H groups in total. The third-order valence-electron chi connectivity index (χ3n) is 3.90. The van der Waals surface area contributed by atoms with Crippen LogP contribution in [0.25, 0.3) is 0 Å². The number of carbonyl (C=O) groups is 2. The van der Waals surface area contributed by atoms with Gasteiger partial charge in [-0.05, 0) is 11.6 Å². The van der Waals surface area contributed by atoms with E-state index in [1.807, 2.05) is 18.2 Å². The molecule has 0 aromatic heterocycles. The van der Waals surface area contributed by atoms with Crippen molar-refractivity contribution in [2.45, 2.75) is 18.8 Å². The number of hydrogen-bond acceptors (Lipinski definition) is 3. The molecule has 3 rings (SSSR count). The quantitative estimate of drug-likeness (QED) is 0.829. The zero-order valence-corrected chi connectivity index (χ0v) is 11.8. The topological polar surface area (TPSA) is 75.6 Å². The molecule has 0 aliphatic carbocycles. The SMILES string of the molecule is O=C(O)[C@@H]1[C@H](C(=O)NCc2ccccc2Cl)[C@@H]2C=C[C@@H]1O2. The third-order valence-corrected chi connectivity index (χ3v) is 4.27. The van der Waals surface area contributed by atoms with E-state index < -0.39 is 30.0 Å². The number of hydrogen-bond donors (Lipinski definition) is 2. The van der Waals surface area contributed by atoms with Gasteiger partial charge < -0.3 is 15.2 Å². The molecule has 1 aromatic rings. The molecule has 2 aliphatic rings. The number of carboxylic acids is 1. The van der Waals surface area contributed by atoms with E-state index in [4.69, 9.17) is 16.3 Å². The lowest BCUT2D eigenvalue weighted by Gasteiger charge is -2.21. The molecule has 1 aromatic carbocycles. The average molecular weight is 308 g/mol. The minimum atomic E-state index is -1.01. The summed E-state index contributed by atoms with van der Waals surface area (Å²) in [6.45, 7) is 0.266. The molecule has 1 saturated heterocycles. The summed E-state index contributed by atoms with van der Waals surface area (Å²) in [5.41, 5.74) is 0.791. The minimum Gasteiger partial charge on any atom is -0.481 e. The van der Waals surface area contributed by atoms with Gasteiger partial charge >= 0.3 is 5.97 Å². The number of rotatable bonds is 4. The second-order valence-corrected chi connectivity index (χ2v) is 5.56. The fourth-order valence-electron chi connectivity index (χ4n) is 2.86. The van der Waals surface area contributed by atoms with Gasteiger partial charge in [0.1, 0.15) is 5.92 Å². The maximum Gasteiger partial charge on any atom is 0.310 e. The molecule has 1 amide bonds. The van der Waals surface area contributed by atoms with Gasteiger partial charge in [-0.15, -0.1) is 0 Å². The van der Waals surface area contributed by atoms with Gasteiger partial charge in [0, 0.05) is 11.6 Å². The van der Waals surface area contributed by atoms with E-state index >= 15 is 0 Å². The second-order valence-electron chi connectivity index (χ2n) is 5.15. The Labute approximate surface area is 126 Å². The molecular weight excluding hydrogens is 294 g/mol. The Balaban J connectivity index is 1.69. The molecule has 0 radical (unpaired) electrons. The molecule has 5 nitrogen and oxygen atoms in total.